The summed E-state index contributed by atoms with van der Waals surface area (Å²) in [6, 6.07) is 1.20. The third-order valence-electron chi connectivity index (χ3n) is 5.36. The quantitative estimate of drug-likeness (QED) is 0.810. The molecule has 0 aromatic rings. The van der Waals surface area contributed by atoms with E-state index < -0.39 is 0 Å². The van der Waals surface area contributed by atoms with Crippen LogP contribution in [0.5, 0.6) is 0 Å². The van der Waals surface area contributed by atoms with Crippen molar-refractivity contribution >= 4 is 5.91 Å². The second-order valence-electron chi connectivity index (χ2n) is 7.11. The Balaban J connectivity index is 1.46. The predicted molar refractivity (Wildman–Crippen MR) is 81.6 cm³/mol. The van der Waals surface area contributed by atoms with Crippen LogP contribution in [0.15, 0.2) is 0 Å². The van der Waals surface area contributed by atoms with Gasteiger partial charge in [0, 0.05) is 25.0 Å². The maximum absolute atomic E-state index is 12.6. The van der Waals surface area contributed by atoms with Gasteiger partial charge in [0.2, 0.25) is 5.91 Å². The van der Waals surface area contributed by atoms with Gasteiger partial charge in [-0.2, -0.15) is 0 Å². The van der Waals surface area contributed by atoms with Crippen LogP contribution in [0, 0.1) is 5.92 Å². The minimum Gasteiger partial charge on any atom is -0.339 e. The van der Waals surface area contributed by atoms with E-state index in [2.05, 4.69) is 10.2 Å². The lowest BCUT2D eigenvalue weighted by molar-refractivity contribution is -0.132. The number of nitrogens with one attached hydrogen (secondary N) is 1. The second kappa shape index (κ2) is 6.93. The molecule has 0 aromatic carbocycles. The molecule has 0 spiro atoms. The van der Waals surface area contributed by atoms with Gasteiger partial charge in [-0.25, -0.2) is 0 Å². The van der Waals surface area contributed by atoms with Crippen molar-refractivity contribution in [2.24, 2.45) is 5.92 Å². The summed E-state index contributed by atoms with van der Waals surface area (Å²) < 4.78 is 0. The Kier molecular flexibility index (Phi) is 4.98. The molecule has 1 N–H and O–H groups in total. The van der Waals surface area contributed by atoms with Gasteiger partial charge >= 0.3 is 0 Å². The molecule has 0 bridgehead atoms. The van der Waals surface area contributed by atoms with Gasteiger partial charge in [-0.1, -0.05) is 19.3 Å². The van der Waals surface area contributed by atoms with Crippen LogP contribution in [0.25, 0.3) is 0 Å². The monoisotopic (exact) mass is 278 g/mol. The van der Waals surface area contributed by atoms with Crippen molar-refractivity contribution in [3.05, 3.63) is 0 Å². The van der Waals surface area contributed by atoms with E-state index in [-0.39, 0.29) is 0 Å². The van der Waals surface area contributed by atoms with Gasteiger partial charge in [0.25, 0.3) is 0 Å². The second-order valence-corrected chi connectivity index (χ2v) is 7.11. The van der Waals surface area contributed by atoms with E-state index in [4.69, 9.17) is 0 Å². The lowest BCUT2D eigenvalue weighted by Gasteiger charge is -2.30. The van der Waals surface area contributed by atoms with E-state index in [1.165, 1.54) is 57.8 Å². The molecular weight excluding hydrogens is 248 g/mol. The molecule has 3 heteroatoms. The number of nitrogens with zero attached hydrogens (tertiary/aromatic N) is 1. The maximum atomic E-state index is 12.6. The Morgan fingerprint density at radius 3 is 2.45 bits per heavy atom. The Labute approximate surface area is 123 Å². The number of amides is 1. The van der Waals surface area contributed by atoms with E-state index in [0.717, 1.165) is 31.8 Å². The van der Waals surface area contributed by atoms with Gasteiger partial charge in [-0.05, 0) is 57.4 Å². The summed E-state index contributed by atoms with van der Waals surface area (Å²) in [5, 5.41) is 3.51. The minimum atomic E-state index is 0.437. The van der Waals surface area contributed by atoms with Gasteiger partial charge in [-0.3, -0.25) is 4.79 Å². The molecule has 1 saturated heterocycles. The molecule has 3 aliphatic rings. The Morgan fingerprint density at radius 1 is 1.00 bits per heavy atom. The fourth-order valence-corrected chi connectivity index (χ4v) is 3.93. The van der Waals surface area contributed by atoms with E-state index in [0.29, 0.717) is 18.0 Å². The SMILES string of the molecule is O=C(CCC1CCCN1)N(CC1CCCCC1)C1CC1. The van der Waals surface area contributed by atoms with Crippen LogP contribution in [-0.2, 0) is 4.79 Å². The van der Waals surface area contributed by atoms with E-state index >= 15 is 0 Å². The molecule has 1 unspecified atom stereocenters. The standard InChI is InChI=1S/C17H30N2O/c20-17(11-8-15-7-4-12-18-15)19(16-9-10-16)13-14-5-2-1-3-6-14/h14-16,18H,1-13H2. The zero-order valence-electron chi connectivity index (χ0n) is 12.8. The summed E-state index contributed by atoms with van der Waals surface area (Å²) >= 11 is 0. The third-order valence-corrected chi connectivity index (χ3v) is 5.36. The van der Waals surface area contributed by atoms with Crippen LogP contribution >= 0.6 is 0 Å². The molecule has 1 atom stereocenters. The number of hydrogen-bond donors (Lipinski definition) is 1. The predicted octanol–water partition coefficient (Wildman–Crippen LogP) is 3.09. The molecule has 1 heterocycles. The van der Waals surface area contributed by atoms with Gasteiger partial charge < -0.3 is 10.2 Å². The van der Waals surface area contributed by atoms with Crippen LogP contribution in [0.2, 0.25) is 0 Å². The number of hydrogen-bond acceptors (Lipinski definition) is 2. The minimum absolute atomic E-state index is 0.437. The summed E-state index contributed by atoms with van der Waals surface area (Å²) in [6.07, 6.45) is 13.7. The van der Waals surface area contributed by atoms with Crippen molar-refractivity contribution in [3.63, 3.8) is 0 Å². The fourth-order valence-electron chi connectivity index (χ4n) is 3.93. The van der Waals surface area contributed by atoms with Gasteiger partial charge in [0.05, 0.1) is 0 Å². The molecule has 1 amide bonds. The average Bonchev–Trinajstić information content (AvgIpc) is 3.19. The highest BCUT2D eigenvalue weighted by Crippen LogP contribution is 2.32. The first-order chi connectivity index (χ1) is 9.83. The molecule has 0 radical (unpaired) electrons. The molecule has 3 nitrogen and oxygen atoms in total. The molecule has 2 saturated carbocycles. The van der Waals surface area contributed by atoms with Crippen molar-refractivity contribution in [2.75, 3.05) is 13.1 Å². The first-order valence-corrected chi connectivity index (χ1v) is 8.86. The van der Waals surface area contributed by atoms with Gasteiger partial charge in [0.15, 0.2) is 0 Å². The van der Waals surface area contributed by atoms with E-state index in [1.54, 1.807) is 0 Å². The van der Waals surface area contributed by atoms with Crippen LogP contribution in [0.4, 0.5) is 0 Å². The summed E-state index contributed by atoms with van der Waals surface area (Å²) in [6.45, 7) is 2.20. The lowest BCUT2D eigenvalue weighted by Crippen LogP contribution is -2.38. The summed E-state index contributed by atoms with van der Waals surface area (Å²) in [7, 11) is 0. The molecule has 2 aliphatic carbocycles. The van der Waals surface area contributed by atoms with Crippen molar-refractivity contribution in [1.29, 1.82) is 0 Å². The average molecular weight is 278 g/mol. The highest BCUT2D eigenvalue weighted by molar-refractivity contribution is 5.77. The van der Waals surface area contributed by atoms with Gasteiger partial charge in [0.1, 0.15) is 0 Å². The van der Waals surface area contributed by atoms with Crippen LogP contribution in [0.1, 0.15) is 70.6 Å². The molecule has 1 aliphatic heterocycles. The third kappa shape index (κ3) is 3.97. The highest BCUT2D eigenvalue weighted by Gasteiger charge is 2.34. The normalized spacial score (nSPS) is 27.7. The van der Waals surface area contributed by atoms with E-state index in [9.17, 15) is 4.79 Å². The maximum Gasteiger partial charge on any atom is 0.222 e. The van der Waals surface area contributed by atoms with E-state index in [1.807, 2.05) is 0 Å². The fraction of sp³-hybridized carbons (Fsp3) is 0.941. The van der Waals surface area contributed by atoms with Crippen molar-refractivity contribution < 1.29 is 4.79 Å². The number of rotatable bonds is 6. The number of carbonyl (C=O) groups is 1. The van der Waals surface area contributed by atoms with Crippen molar-refractivity contribution in [1.82, 2.24) is 10.2 Å². The molecule has 20 heavy (non-hydrogen) atoms. The first kappa shape index (κ1) is 14.4. The Bertz CT molecular complexity index is 315. The molecule has 114 valence electrons. The highest BCUT2D eigenvalue weighted by atomic mass is 16.2. The van der Waals surface area contributed by atoms with Crippen LogP contribution in [-0.4, -0.2) is 36.0 Å². The molecular formula is C17H30N2O. The van der Waals surface area contributed by atoms with Gasteiger partial charge in [-0.15, -0.1) is 0 Å². The number of carbonyl (C=O) groups excluding carboxylic acids is 1. The van der Waals surface area contributed by atoms with Crippen molar-refractivity contribution in [2.45, 2.75) is 82.7 Å². The zero-order chi connectivity index (χ0) is 13.8. The van der Waals surface area contributed by atoms with Crippen LogP contribution in [0.3, 0.4) is 0 Å². The Hall–Kier alpha value is -0.570. The topological polar surface area (TPSA) is 32.3 Å². The lowest BCUT2D eigenvalue weighted by atomic mass is 9.89. The Morgan fingerprint density at radius 2 is 1.80 bits per heavy atom. The summed E-state index contributed by atoms with van der Waals surface area (Å²) in [5.41, 5.74) is 0. The van der Waals surface area contributed by atoms with Crippen LogP contribution < -0.4 is 5.32 Å². The summed E-state index contributed by atoms with van der Waals surface area (Å²) in [5.74, 6) is 1.23. The molecule has 3 fully saturated rings. The summed E-state index contributed by atoms with van der Waals surface area (Å²) in [4.78, 5) is 14.8. The zero-order valence-corrected chi connectivity index (χ0v) is 12.8. The molecule has 3 rings (SSSR count). The first-order valence-electron chi connectivity index (χ1n) is 8.86. The smallest absolute Gasteiger partial charge is 0.222 e. The largest absolute Gasteiger partial charge is 0.339 e. The molecule has 0 aromatic heterocycles. The van der Waals surface area contributed by atoms with Crippen molar-refractivity contribution in [3.8, 4) is 0 Å².